The van der Waals surface area contributed by atoms with Gasteiger partial charge in [-0.25, -0.2) is 0 Å². The van der Waals surface area contributed by atoms with Crippen LogP contribution in [0.15, 0.2) is 0 Å². The summed E-state index contributed by atoms with van der Waals surface area (Å²) in [4.78, 5) is 11.5. The third kappa shape index (κ3) is 6.89. The summed E-state index contributed by atoms with van der Waals surface area (Å²) in [6.07, 6.45) is 4.13. The molecule has 84 valence electrons. The van der Waals surface area contributed by atoms with Crippen LogP contribution in [0.3, 0.4) is 0 Å². The fraction of sp³-hybridized carbons (Fsp3) is 0.909. The van der Waals surface area contributed by atoms with Gasteiger partial charge in [0, 0.05) is 5.54 Å². The highest BCUT2D eigenvalue weighted by Gasteiger charge is 2.18. The molecule has 0 aliphatic carbocycles. The fourth-order valence-corrected chi connectivity index (χ4v) is 1.21. The van der Waals surface area contributed by atoms with Crippen LogP contribution in [0.25, 0.3) is 0 Å². The zero-order valence-electron chi connectivity index (χ0n) is 9.89. The number of amides is 1. The van der Waals surface area contributed by atoms with Gasteiger partial charge in [0.25, 0.3) is 0 Å². The van der Waals surface area contributed by atoms with Gasteiger partial charge in [0.2, 0.25) is 5.91 Å². The number of hydrogen-bond acceptors (Lipinski definition) is 2. The van der Waals surface area contributed by atoms with Crippen LogP contribution < -0.4 is 11.1 Å². The lowest BCUT2D eigenvalue weighted by molar-refractivity contribution is -0.123. The zero-order valence-corrected chi connectivity index (χ0v) is 9.89. The van der Waals surface area contributed by atoms with Crippen molar-refractivity contribution in [1.29, 1.82) is 0 Å². The molecular weight excluding hydrogens is 176 g/mol. The Labute approximate surface area is 87.4 Å². The third-order valence-electron chi connectivity index (χ3n) is 1.95. The number of nitrogens with two attached hydrogens (primary N) is 1. The summed E-state index contributed by atoms with van der Waals surface area (Å²) in [5.41, 5.74) is 5.57. The number of hydrogen-bond donors (Lipinski definition) is 2. The Hall–Kier alpha value is -0.570. The van der Waals surface area contributed by atoms with E-state index in [-0.39, 0.29) is 17.5 Å². The number of carbonyl (C=O) groups excluding carboxylic acids is 1. The van der Waals surface area contributed by atoms with Gasteiger partial charge in [0.15, 0.2) is 0 Å². The zero-order chi connectivity index (χ0) is 11.2. The lowest BCUT2D eigenvalue weighted by Crippen LogP contribution is -2.48. The SMILES string of the molecule is CCCCCC(N)C(=O)NC(C)(C)C. The molecule has 1 amide bonds. The molecule has 0 heterocycles. The fourth-order valence-electron chi connectivity index (χ4n) is 1.21. The molecule has 1 unspecified atom stereocenters. The van der Waals surface area contributed by atoms with Crippen molar-refractivity contribution in [3.63, 3.8) is 0 Å². The van der Waals surface area contributed by atoms with Crippen molar-refractivity contribution in [3.05, 3.63) is 0 Å². The minimum atomic E-state index is -0.347. The van der Waals surface area contributed by atoms with Gasteiger partial charge in [0.1, 0.15) is 0 Å². The van der Waals surface area contributed by atoms with Crippen LogP contribution in [-0.2, 0) is 4.79 Å². The predicted octanol–water partition coefficient (Wildman–Crippen LogP) is 1.81. The van der Waals surface area contributed by atoms with Gasteiger partial charge in [-0.3, -0.25) is 4.79 Å². The summed E-state index contributed by atoms with van der Waals surface area (Å²) in [6, 6.07) is -0.347. The average molecular weight is 200 g/mol. The van der Waals surface area contributed by atoms with Gasteiger partial charge in [-0.1, -0.05) is 26.2 Å². The summed E-state index contributed by atoms with van der Waals surface area (Å²) in [6.45, 7) is 8.03. The van der Waals surface area contributed by atoms with Crippen LogP contribution in [0.1, 0.15) is 53.4 Å². The highest BCUT2D eigenvalue weighted by atomic mass is 16.2. The van der Waals surface area contributed by atoms with E-state index < -0.39 is 0 Å². The van der Waals surface area contributed by atoms with Crippen molar-refractivity contribution in [1.82, 2.24) is 5.32 Å². The Kier molecular flexibility index (Phi) is 5.77. The summed E-state index contributed by atoms with van der Waals surface area (Å²) in [5.74, 6) is -0.0337. The van der Waals surface area contributed by atoms with E-state index in [0.29, 0.717) is 0 Å². The molecule has 3 nitrogen and oxygen atoms in total. The first kappa shape index (κ1) is 13.4. The standard InChI is InChI=1S/C11H24N2O/c1-5-6-7-8-9(12)10(14)13-11(2,3)4/h9H,5-8,12H2,1-4H3,(H,13,14). The van der Waals surface area contributed by atoms with E-state index in [2.05, 4.69) is 12.2 Å². The Bertz CT molecular complexity index is 173. The lowest BCUT2D eigenvalue weighted by atomic mass is 10.1. The molecule has 0 rings (SSSR count). The Morgan fingerprint density at radius 2 is 1.93 bits per heavy atom. The van der Waals surface area contributed by atoms with Crippen molar-refractivity contribution in [2.75, 3.05) is 0 Å². The molecule has 0 bridgehead atoms. The van der Waals surface area contributed by atoms with Crippen LogP contribution in [0, 0.1) is 0 Å². The van der Waals surface area contributed by atoms with E-state index in [0.717, 1.165) is 25.7 Å². The second-order valence-corrected chi connectivity index (χ2v) is 4.84. The monoisotopic (exact) mass is 200 g/mol. The maximum absolute atomic E-state index is 11.5. The second-order valence-electron chi connectivity index (χ2n) is 4.84. The minimum Gasteiger partial charge on any atom is -0.350 e. The molecule has 0 aliphatic heterocycles. The van der Waals surface area contributed by atoms with Crippen LogP contribution in [0.5, 0.6) is 0 Å². The maximum atomic E-state index is 11.5. The molecule has 0 aromatic heterocycles. The van der Waals surface area contributed by atoms with Gasteiger partial charge in [0.05, 0.1) is 6.04 Å². The second kappa shape index (κ2) is 6.02. The predicted molar refractivity (Wildman–Crippen MR) is 60.0 cm³/mol. The average Bonchev–Trinajstić information content (AvgIpc) is 2.01. The summed E-state index contributed by atoms with van der Waals surface area (Å²) >= 11 is 0. The maximum Gasteiger partial charge on any atom is 0.237 e. The smallest absolute Gasteiger partial charge is 0.237 e. The first-order valence-electron chi connectivity index (χ1n) is 5.44. The Morgan fingerprint density at radius 1 is 1.36 bits per heavy atom. The van der Waals surface area contributed by atoms with Gasteiger partial charge >= 0.3 is 0 Å². The molecule has 3 N–H and O–H groups in total. The molecule has 3 heteroatoms. The molecule has 0 aromatic rings. The molecule has 0 fully saturated rings. The molecule has 0 saturated heterocycles. The van der Waals surface area contributed by atoms with Crippen molar-refractivity contribution in [3.8, 4) is 0 Å². The first-order chi connectivity index (χ1) is 6.37. The van der Waals surface area contributed by atoms with Gasteiger partial charge in [-0.05, 0) is 27.2 Å². The lowest BCUT2D eigenvalue weighted by Gasteiger charge is -2.23. The van der Waals surface area contributed by atoms with E-state index in [1.807, 2.05) is 20.8 Å². The van der Waals surface area contributed by atoms with Crippen molar-refractivity contribution in [2.24, 2.45) is 5.73 Å². The van der Waals surface area contributed by atoms with E-state index in [1.54, 1.807) is 0 Å². The number of carbonyl (C=O) groups is 1. The van der Waals surface area contributed by atoms with Gasteiger partial charge < -0.3 is 11.1 Å². The molecule has 0 spiro atoms. The number of unbranched alkanes of at least 4 members (excludes halogenated alkanes) is 2. The van der Waals surface area contributed by atoms with E-state index in [1.165, 1.54) is 0 Å². The van der Waals surface area contributed by atoms with Crippen LogP contribution >= 0.6 is 0 Å². The highest BCUT2D eigenvalue weighted by molar-refractivity contribution is 5.82. The van der Waals surface area contributed by atoms with Crippen molar-refractivity contribution in [2.45, 2.75) is 65.0 Å². The summed E-state index contributed by atoms with van der Waals surface area (Å²) in [7, 11) is 0. The number of nitrogens with one attached hydrogen (secondary N) is 1. The van der Waals surface area contributed by atoms with E-state index in [4.69, 9.17) is 5.73 Å². The molecule has 0 radical (unpaired) electrons. The summed E-state index contributed by atoms with van der Waals surface area (Å²) < 4.78 is 0. The molecule has 0 saturated carbocycles. The topological polar surface area (TPSA) is 55.1 Å². The normalized spacial score (nSPS) is 13.8. The van der Waals surface area contributed by atoms with Crippen LogP contribution in [-0.4, -0.2) is 17.5 Å². The van der Waals surface area contributed by atoms with Crippen LogP contribution in [0.4, 0.5) is 0 Å². The van der Waals surface area contributed by atoms with Gasteiger partial charge in [-0.15, -0.1) is 0 Å². The molecule has 14 heavy (non-hydrogen) atoms. The highest BCUT2D eigenvalue weighted by Crippen LogP contribution is 2.04. The minimum absolute atomic E-state index is 0.0337. The first-order valence-corrected chi connectivity index (χ1v) is 5.44. The largest absolute Gasteiger partial charge is 0.350 e. The Balaban J connectivity index is 3.77. The van der Waals surface area contributed by atoms with Crippen LogP contribution in [0.2, 0.25) is 0 Å². The summed E-state index contributed by atoms with van der Waals surface area (Å²) in [5, 5.41) is 2.88. The quantitative estimate of drug-likeness (QED) is 0.665. The van der Waals surface area contributed by atoms with Crippen molar-refractivity contribution < 1.29 is 4.79 Å². The Morgan fingerprint density at radius 3 is 2.36 bits per heavy atom. The number of rotatable bonds is 5. The van der Waals surface area contributed by atoms with E-state index in [9.17, 15) is 4.79 Å². The third-order valence-corrected chi connectivity index (χ3v) is 1.95. The molecular formula is C11H24N2O. The molecule has 0 aromatic carbocycles. The van der Waals surface area contributed by atoms with E-state index >= 15 is 0 Å². The molecule has 1 atom stereocenters. The van der Waals surface area contributed by atoms with Gasteiger partial charge in [-0.2, -0.15) is 0 Å². The van der Waals surface area contributed by atoms with Crippen molar-refractivity contribution >= 4 is 5.91 Å². The molecule has 0 aliphatic rings.